The van der Waals surface area contributed by atoms with Gasteiger partial charge in [-0.1, -0.05) is 0 Å². The summed E-state index contributed by atoms with van der Waals surface area (Å²) in [5, 5.41) is 12.9. The van der Waals surface area contributed by atoms with Crippen LogP contribution in [0.2, 0.25) is 0 Å². The maximum absolute atomic E-state index is 10.7. The summed E-state index contributed by atoms with van der Waals surface area (Å²) in [4.78, 5) is 12.9. The van der Waals surface area contributed by atoms with E-state index >= 15 is 0 Å². The average Bonchev–Trinajstić information content (AvgIpc) is 2.61. The van der Waals surface area contributed by atoms with E-state index in [1.807, 2.05) is 17.8 Å². The van der Waals surface area contributed by atoms with Gasteiger partial charge in [0.15, 0.2) is 0 Å². The van der Waals surface area contributed by atoms with Crippen LogP contribution in [0, 0.1) is 0 Å². The van der Waals surface area contributed by atoms with Crippen LogP contribution in [0.1, 0.15) is 32.9 Å². The fourth-order valence-corrected chi connectivity index (χ4v) is 1.91. The third-order valence-corrected chi connectivity index (χ3v) is 3.10. The molecule has 0 bridgehead atoms. The van der Waals surface area contributed by atoms with Crippen LogP contribution in [0.5, 0.6) is 0 Å². The first kappa shape index (κ1) is 14.7. The van der Waals surface area contributed by atoms with Gasteiger partial charge in [0.1, 0.15) is 0 Å². The molecule has 102 valence electrons. The highest BCUT2D eigenvalue weighted by Gasteiger charge is 2.21. The molecule has 0 saturated heterocycles. The van der Waals surface area contributed by atoms with Crippen molar-refractivity contribution in [1.82, 2.24) is 14.7 Å². The number of carbonyl (C=O) groups is 1. The third-order valence-electron chi connectivity index (χ3n) is 3.10. The Labute approximate surface area is 108 Å². The highest BCUT2D eigenvalue weighted by Crippen LogP contribution is 2.14. The van der Waals surface area contributed by atoms with Gasteiger partial charge in [-0.15, -0.1) is 0 Å². The molecule has 5 nitrogen and oxygen atoms in total. The molecule has 0 saturated carbocycles. The standard InChI is InChI=1S/C13H23N3O2/c1-13(2,3)16(10-7-12(17)18)9-6-11-5-8-14-15(11)4/h5,8H,6-7,9-10H2,1-4H3,(H,17,18). The molecule has 0 aromatic carbocycles. The summed E-state index contributed by atoms with van der Waals surface area (Å²) in [5.74, 6) is -0.746. The number of carboxylic acid groups (broad SMARTS) is 1. The Morgan fingerprint density at radius 2 is 2.11 bits per heavy atom. The molecule has 1 heterocycles. The van der Waals surface area contributed by atoms with E-state index in [1.54, 1.807) is 6.20 Å². The van der Waals surface area contributed by atoms with Crippen LogP contribution in [0.4, 0.5) is 0 Å². The molecular weight excluding hydrogens is 230 g/mol. The first-order valence-electron chi connectivity index (χ1n) is 6.24. The number of carboxylic acids is 1. The Morgan fingerprint density at radius 1 is 1.44 bits per heavy atom. The van der Waals surface area contributed by atoms with Crippen molar-refractivity contribution in [2.24, 2.45) is 7.05 Å². The topological polar surface area (TPSA) is 58.4 Å². The largest absolute Gasteiger partial charge is 0.481 e. The smallest absolute Gasteiger partial charge is 0.304 e. The van der Waals surface area contributed by atoms with E-state index < -0.39 is 5.97 Å². The van der Waals surface area contributed by atoms with Crippen LogP contribution in [-0.2, 0) is 18.3 Å². The van der Waals surface area contributed by atoms with Gasteiger partial charge in [0.2, 0.25) is 0 Å². The molecule has 0 fully saturated rings. The van der Waals surface area contributed by atoms with E-state index in [-0.39, 0.29) is 12.0 Å². The molecule has 18 heavy (non-hydrogen) atoms. The maximum atomic E-state index is 10.7. The summed E-state index contributed by atoms with van der Waals surface area (Å²) >= 11 is 0. The average molecular weight is 253 g/mol. The fraction of sp³-hybridized carbons (Fsp3) is 0.692. The van der Waals surface area contributed by atoms with Crippen molar-refractivity contribution < 1.29 is 9.90 Å². The third kappa shape index (κ3) is 4.49. The first-order chi connectivity index (χ1) is 8.30. The van der Waals surface area contributed by atoms with E-state index in [0.29, 0.717) is 6.54 Å². The van der Waals surface area contributed by atoms with Crippen LogP contribution in [0.15, 0.2) is 12.3 Å². The number of hydrogen-bond donors (Lipinski definition) is 1. The summed E-state index contributed by atoms with van der Waals surface area (Å²) in [6, 6.07) is 2.00. The molecule has 0 amide bonds. The fourth-order valence-electron chi connectivity index (χ4n) is 1.91. The van der Waals surface area contributed by atoms with Crippen LogP contribution in [0.25, 0.3) is 0 Å². The lowest BCUT2D eigenvalue weighted by atomic mass is 10.0. The van der Waals surface area contributed by atoms with Gasteiger partial charge in [-0.2, -0.15) is 5.10 Å². The Hall–Kier alpha value is -1.36. The zero-order chi connectivity index (χ0) is 13.8. The zero-order valence-corrected chi connectivity index (χ0v) is 11.7. The summed E-state index contributed by atoms with van der Waals surface area (Å²) in [6.07, 6.45) is 2.85. The molecular formula is C13H23N3O2. The van der Waals surface area contributed by atoms with Crippen molar-refractivity contribution in [1.29, 1.82) is 0 Å². The summed E-state index contributed by atoms with van der Waals surface area (Å²) < 4.78 is 1.86. The number of aromatic nitrogens is 2. The van der Waals surface area contributed by atoms with Crippen LogP contribution >= 0.6 is 0 Å². The van der Waals surface area contributed by atoms with Crippen molar-refractivity contribution >= 4 is 5.97 Å². The minimum Gasteiger partial charge on any atom is -0.481 e. The number of nitrogens with zero attached hydrogens (tertiary/aromatic N) is 3. The van der Waals surface area contributed by atoms with Crippen molar-refractivity contribution in [3.63, 3.8) is 0 Å². The Bertz CT molecular complexity index is 393. The second kappa shape index (κ2) is 6.00. The lowest BCUT2D eigenvalue weighted by Gasteiger charge is -2.35. The van der Waals surface area contributed by atoms with Gasteiger partial charge in [-0.25, -0.2) is 0 Å². The van der Waals surface area contributed by atoms with Gasteiger partial charge >= 0.3 is 5.97 Å². The predicted octanol–water partition coefficient (Wildman–Crippen LogP) is 1.54. The summed E-state index contributed by atoms with van der Waals surface area (Å²) in [6.45, 7) is 7.75. The predicted molar refractivity (Wildman–Crippen MR) is 70.5 cm³/mol. The number of aryl methyl sites for hydroxylation is 1. The SMILES string of the molecule is Cn1nccc1CCN(CCC(=O)O)C(C)(C)C. The molecule has 0 spiro atoms. The van der Waals surface area contributed by atoms with Gasteiger partial charge in [-0.3, -0.25) is 14.4 Å². The maximum Gasteiger partial charge on any atom is 0.304 e. The molecule has 0 unspecified atom stereocenters. The summed E-state index contributed by atoms with van der Waals surface area (Å²) in [5.41, 5.74) is 1.15. The highest BCUT2D eigenvalue weighted by molar-refractivity contribution is 5.66. The van der Waals surface area contributed by atoms with Crippen molar-refractivity contribution in [3.05, 3.63) is 18.0 Å². The molecule has 0 radical (unpaired) electrons. The van der Waals surface area contributed by atoms with E-state index in [4.69, 9.17) is 5.11 Å². The molecule has 0 aliphatic heterocycles. The lowest BCUT2D eigenvalue weighted by Crippen LogP contribution is -2.43. The van der Waals surface area contributed by atoms with E-state index in [0.717, 1.165) is 13.0 Å². The molecule has 1 aromatic rings. The van der Waals surface area contributed by atoms with Gasteiger partial charge in [-0.05, 0) is 26.8 Å². The van der Waals surface area contributed by atoms with Crippen molar-refractivity contribution in [3.8, 4) is 0 Å². The van der Waals surface area contributed by atoms with Gasteiger partial charge in [0, 0.05) is 44.0 Å². The van der Waals surface area contributed by atoms with E-state index in [9.17, 15) is 4.79 Å². The molecule has 1 rings (SSSR count). The van der Waals surface area contributed by atoms with Gasteiger partial charge in [0.05, 0.1) is 6.42 Å². The van der Waals surface area contributed by atoms with E-state index in [2.05, 4.69) is 30.8 Å². The number of aliphatic carboxylic acids is 1. The Balaban J connectivity index is 2.56. The van der Waals surface area contributed by atoms with Crippen LogP contribution in [-0.4, -0.2) is 44.4 Å². The molecule has 1 N–H and O–H groups in total. The van der Waals surface area contributed by atoms with Gasteiger partial charge < -0.3 is 5.11 Å². The van der Waals surface area contributed by atoms with E-state index in [1.165, 1.54) is 5.69 Å². The number of hydrogen-bond acceptors (Lipinski definition) is 3. The second-order valence-corrected chi connectivity index (χ2v) is 5.50. The zero-order valence-electron chi connectivity index (χ0n) is 11.7. The minimum absolute atomic E-state index is 0.0198. The van der Waals surface area contributed by atoms with Crippen molar-refractivity contribution in [2.75, 3.05) is 13.1 Å². The molecule has 1 aromatic heterocycles. The van der Waals surface area contributed by atoms with Crippen molar-refractivity contribution in [2.45, 2.75) is 39.2 Å². The first-order valence-corrected chi connectivity index (χ1v) is 6.24. The second-order valence-electron chi connectivity index (χ2n) is 5.50. The molecule has 0 atom stereocenters. The van der Waals surface area contributed by atoms with Crippen LogP contribution < -0.4 is 0 Å². The molecule has 5 heteroatoms. The van der Waals surface area contributed by atoms with Crippen LogP contribution in [0.3, 0.4) is 0 Å². The monoisotopic (exact) mass is 253 g/mol. The summed E-state index contributed by atoms with van der Waals surface area (Å²) in [7, 11) is 1.92. The molecule has 0 aliphatic rings. The number of rotatable bonds is 6. The lowest BCUT2D eigenvalue weighted by molar-refractivity contribution is -0.137. The normalized spacial score (nSPS) is 12.1. The highest BCUT2D eigenvalue weighted by atomic mass is 16.4. The molecule has 0 aliphatic carbocycles. The Morgan fingerprint density at radius 3 is 2.56 bits per heavy atom. The van der Waals surface area contributed by atoms with Gasteiger partial charge in [0.25, 0.3) is 0 Å². The Kier molecular flexibility index (Phi) is 4.90. The minimum atomic E-state index is -0.746. The quantitative estimate of drug-likeness (QED) is 0.835.